The highest BCUT2D eigenvalue weighted by atomic mass is 16.5. The first-order chi connectivity index (χ1) is 14.6. The first-order valence-electron chi connectivity index (χ1n) is 9.91. The molecule has 156 valence electrons. The first kappa shape index (κ1) is 21.3. The van der Waals surface area contributed by atoms with Gasteiger partial charge in [-0.15, -0.1) is 0 Å². The third-order valence-corrected chi connectivity index (χ3v) is 4.64. The summed E-state index contributed by atoms with van der Waals surface area (Å²) in [6.45, 7) is 2.75. The molecule has 0 heterocycles. The van der Waals surface area contributed by atoms with Crippen LogP contribution in [0.1, 0.15) is 23.7 Å². The molecule has 0 saturated carbocycles. The van der Waals surface area contributed by atoms with Gasteiger partial charge in [-0.2, -0.15) is 0 Å². The molecule has 0 fully saturated rings. The Hall–Kier alpha value is -3.38. The molecule has 6 heteroatoms. The van der Waals surface area contributed by atoms with E-state index < -0.39 is 6.10 Å². The topological polar surface area (TPSA) is 76.7 Å². The smallest absolute Gasteiger partial charge is 0.265 e. The summed E-state index contributed by atoms with van der Waals surface area (Å²) in [6.07, 6.45) is -0.0168. The van der Waals surface area contributed by atoms with Crippen LogP contribution in [0.15, 0.2) is 66.7 Å². The van der Waals surface area contributed by atoms with Crippen molar-refractivity contribution in [3.63, 3.8) is 0 Å². The minimum Gasteiger partial charge on any atom is -0.481 e. The van der Waals surface area contributed by atoms with Gasteiger partial charge < -0.3 is 20.1 Å². The van der Waals surface area contributed by atoms with E-state index in [1.165, 1.54) is 0 Å². The Morgan fingerprint density at radius 3 is 2.50 bits per heavy atom. The third-order valence-electron chi connectivity index (χ3n) is 4.64. The minimum absolute atomic E-state index is 0.245. The molecule has 0 saturated heterocycles. The van der Waals surface area contributed by atoms with Crippen molar-refractivity contribution in [3.05, 3.63) is 72.3 Å². The number of carbonyl (C=O) groups excluding carboxylic acids is 2. The minimum atomic E-state index is -0.732. The van der Waals surface area contributed by atoms with E-state index in [1.807, 2.05) is 42.5 Å². The summed E-state index contributed by atoms with van der Waals surface area (Å²) >= 11 is 0. The van der Waals surface area contributed by atoms with Crippen molar-refractivity contribution >= 4 is 28.3 Å². The number of hydrogen-bond donors (Lipinski definition) is 2. The van der Waals surface area contributed by atoms with E-state index >= 15 is 0 Å². The lowest BCUT2D eigenvalue weighted by atomic mass is 10.1. The summed E-state index contributed by atoms with van der Waals surface area (Å²) in [7, 11) is 1.62. The zero-order valence-corrected chi connectivity index (χ0v) is 17.2. The molecule has 0 spiro atoms. The number of para-hydroxylation sites is 1. The van der Waals surface area contributed by atoms with Gasteiger partial charge in [0.15, 0.2) is 6.10 Å². The molecule has 2 N–H and O–H groups in total. The van der Waals surface area contributed by atoms with Gasteiger partial charge >= 0.3 is 0 Å². The fourth-order valence-electron chi connectivity index (χ4n) is 3.04. The maximum Gasteiger partial charge on any atom is 0.265 e. The second-order valence-corrected chi connectivity index (χ2v) is 6.91. The van der Waals surface area contributed by atoms with Gasteiger partial charge in [0.2, 0.25) is 0 Å². The summed E-state index contributed by atoms with van der Waals surface area (Å²) in [5.41, 5.74) is 0.849. The Morgan fingerprint density at radius 1 is 0.967 bits per heavy atom. The molecular weight excluding hydrogens is 380 g/mol. The Morgan fingerprint density at radius 2 is 1.70 bits per heavy atom. The number of ether oxygens (including phenoxy) is 2. The number of hydrogen-bond acceptors (Lipinski definition) is 4. The van der Waals surface area contributed by atoms with Crippen molar-refractivity contribution < 1.29 is 19.1 Å². The number of fused-ring (bicyclic) bond motifs is 1. The molecule has 2 amide bonds. The molecule has 3 aromatic rings. The monoisotopic (exact) mass is 406 g/mol. The number of nitrogens with one attached hydrogen (secondary N) is 2. The lowest BCUT2D eigenvalue weighted by Crippen LogP contribution is -2.32. The van der Waals surface area contributed by atoms with Crippen LogP contribution >= 0.6 is 0 Å². The lowest BCUT2D eigenvalue weighted by molar-refractivity contribution is -0.122. The molecule has 3 rings (SSSR count). The van der Waals surface area contributed by atoms with Gasteiger partial charge in [0.05, 0.1) is 11.3 Å². The molecule has 1 atom stereocenters. The number of anilines is 1. The van der Waals surface area contributed by atoms with Crippen LogP contribution in [0.3, 0.4) is 0 Å². The molecule has 0 aliphatic rings. The average molecular weight is 406 g/mol. The summed E-state index contributed by atoms with van der Waals surface area (Å²) < 4.78 is 10.8. The number of benzene rings is 3. The molecule has 30 heavy (non-hydrogen) atoms. The van der Waals surface area contributed by atoms with Crippen molar-refractivity contribution in [1.29, 1.82) is 0 Å². The Bertz CT molecular complexity index is 1020. The zero-order valence-electron chi connectivity index (χ0n) is 17.2. The molecular formula is C24H26N2O4. The third kappa shape index (κ3) is 5.58. The zero-order chi connectivity index (χ0) is 21.3. The van der Waals surface area contributed by atoms with E-state index in [4.69, 9.17) is 9.47 Å². The van der Waals surface area contributed by atoms with Crippen molar-refractivity contribution in [1.82, 2.24) is 5.32 Å². The van der Waals surface area contributed by atoms with Gasteiger partial charge in [0.25, 0.3) is 11.8 Å². The van der Waals surface area contributed by atoms with Crippen LogP contribution in [0.2, 0.25) is 0 Å². The van der Waals surface area contributed by atoms with Crippen LogP contribution in [0.5, 0.6) is 5.75 Å². The maximum absolute atomic E-state index is 12.7. The molecule has 6 nitrogen and oxygen atoms in total. The molecule has 0 unspecified atom stereocenters. The van der Waals surface area contributed by atoms with Crippen molar-refractivity contribution in [3.8, 4) is 5.75 Å². The number of carbonyl (C=O) groups is 2. The molecule has 0 bridgehead atoms. The van der Waals surface area contributed by atoms with Crippen molar-refractivity contribution in [2.24, 2.45) is 0 Å². The largest absolute Gasteiger partial charge is 0.481 e. The van der Waals surface area contributed by atoms with Crippen LogP contribution in [-0.4, -0.2) is 38.2 Å². The highest BCUT2D eigenvalue weighted by molar-refractivity contribution is 6.04. The average Bonchev–Trinajstić information content (AvgIpc) is 2.77. The fraction of sp³-hybridized carbons (Fsp3) is 0.250. The Balaban J connectivity index is 1.64. The normalized spacial score (nSPS) is 11.7. The number of methoxy groups -OCH3 is 1. The predicted molar refractivity (Wildman–Crippen MR) is 118 cm³/mol. The van der Waals surface area contributed by atoms with E-state index in [9.17, 15) is 9.59 Å². The van der Waals surface area contributed by atoms with Gasteiger partial charge in [0, 0.05) is 20.3 Å². The van der Waals surface area contributed by atoms with Crippen LogP contribution in [0, 0.1) is 0 Å². The summed E-state index contributed by atoms with van der Waals surface area (Å²) in [5.74, 6) is 0.0356. The quantitative estimate of drug-likeness (QED) is 0.527. The second kappa shape index (κ2) is 10.4. The van der Waals surface area contributed by atoms with E-state index in [0.29, 0.717) is 36.6 Å². The first-order valence-corrected chi connectivity index (χ1v) is 9.91. The molecule has 0 aromatic heterocycles. The van der Waals surface area contributed by atoms with Gasteiger partial charge in [0.1, 0.15) is 5.75 Å². The number of rotatable bonds is 9. The summed E-state index contributed by atoms with van der Waals surface area (Å²) in [5, 5.41) is 7.78. The van der Waals surface area contributed by atoms with Crippen LogP contribution in [0.25, 0.3) is 10.8 Å². The van der Waals surface area contributed by atoms with Crippen molar-refractivity contribution in [2.45, 2.75) is 19.4 Å². The van der Waals surface area contributed by atoms with Gasteiger partial charge in [-0.05, 0) is 48.4 Å². The molecule has 3 aromatic carbocycles. The standard InChI is InChI=1S/C24H26N2O4/c1-17(30-20-13-12-18-8-3-4-9-19(18)16-20)23(27)26-22-11-6-5-10-21(22)24(28)25-14-7-15-29-2/h3-6,8-13,16-17H,7,14-15H2,1-2H3,(H,25,28)(H,26,27)/t17-/m0/s1. The van der Waals surface area contributed by atoms with Gasteiger partial charge in [-0.1, -0.05) is 42.5 Å². The lowest BCUT2D eigenvalue weighted by Gasteiger charge is -2.17. The fourth-order valence-corrected chi connectivity index (χ4v) is 3.04. The van der Waals surface area contributed by atoms with Crippen LogP contribution in [-0.2, 0) is 9.53 Å². The predicted octanol–water partition coefficient (Wildman–Crippen LogP) is 4.01. The SMILES string of the molecule is COCCCNC(=O)c1ccccc1NC(=O)[C@H](C)Oc1ccc2ccccc2c1. The van der Waals surface area contributed by atoms with Crippen molar-refractivity contribution in [2.75, 3.05) is 25.6 Å². The maximum atomic E-state index is 12.7. The Labute approximate surface area is 176 Å². The summed E-state index contributed by atoms with van der Waals surface area (Å²) in [6, 6.07) is 20.6. The summed E-state index contributed by atoms with van der Waals surface area (Å²) in [4.78, 5) is 25.1. The molecule has 0 aliphatic heterocycles. The number of amides is 2. The van der Waals surface area contributed by atoms with E-state index in [-0.39, 0.29) is 11.8 Å². The second-order valence-electron chi connectivity index (χ2n) is 6.91. The van der Waals surface area contributed by atoms with E-state index in [1.54, 1.807) is 38.3 Å². The molecule has 0 aliphatic carbocycles. The molecule has 0 radical (unpaired) electrons. The highest BCUT2D eigenvalue weighted by Crippen LogP contribution is 2.22. The Kier molecular flexibility index (Phi) is 7.40. The van der Waals surface area contributed by atoms with Crippen LogP contribution in [0.4, 0.5) is 5.69 Å². The van der Waals surface area contributed by atoms with E-state index in [2.05, 4.69) is 10.6 Å². The van der Waals surface area contributed by atoms with Gasteiger partial charge in [-0.3, -0.25) is 9.59 Å². The van der Waals surface area contributed by atoms with Crippen LogP contribution < -0.4 is 15.4 Å². The van der Waals surface area contributed by atoms with Gasteiger partial charge in [-0.25, -0.2) is 0 Å². The highest BCUT2D eigenvalue weighted by Gasteiger charge is 2.18. The van der Waals surface area contributed by atoms with E-state index in [0.717, 1.165) is 10.8 Å².